The number of ether oxygens (including phenoxy) is 2. The van der Waals surface area contributed by atoms with Crippen LogP contribution in [-0.2, 0) is 28.7 Å². The van der Waals surface area contributed by atoms with Crippen LogP contribution in [0.4, 0.5) is 4.79 Å². The summed E-state index contributed by atoms with van der Waals surface area (Å²) >= 11 is 0. The molecule has 268 valence electrons. The standard InChI is InChI=1S/C22H39N5O4.C12H21NO3/c1-4-18(26-21(29)17-10-11-19(12-17)31-5-2)14-25-27-22(30)24-13-15-6-8-16(9-7-15)20(28)23-3;1-3-10(8-14)13-12(15)9-5-6-11(7-9)16-4-2/h14-19H,4-13H2,1-3H3,(H,23,28)(H,26,29)(H2,24,27,30);8-11H,3-7H2,1-2H3,(H,13,15)/b25-14+;/t15?,16?,17-,18-,19-;9-,10-,11-/m00/s1. The number of hydrogen-bond acceptors (Lipinski definition) is 8. The van der Waals surface area contributed by atoms with E-state index in [0.29, 0.717) is 38.5 Å². The van der Waals surface area contributed by atoms with Gasteiger partial charge in [0.1, 0.15) is 6.29 Å². The van der Waals surface area contributed by atoms with Gasteiger partial charge in [-0.25, -0.2) is 10.2 Å². The molecule has 0 spiro atoms. The van der Waals surface area contributed by atoms with Gasteiger partial charge in [-0.15, -0.1) is 0 Å². The maximum Gasteiger partial charge on any atom is 0.335 e. The number of nitrogens with one attached hydrogen (secondary N) is 5. The molecular weight excluding hydrogens is 604 g/mol. The van der Waals surface area contributed by atoms with Crippen molar-refractivity contribution in [2.24, 2.45) is 28.8 Å². The molecule has 3 fully saturated rings. The van der Waals surface area contributed by atoms with E-state index in [1.807, 2.05) is 27.7 Å². The lowest BCUT2D eigenvalue weighted by atomic mass is 9.81. The van der Waals surface area contributed by atoms with Crippen molar-refractivity contribution in [3.8, 4) is 0 Å². The molecule has 0 aromatic rings. The van der Waals surface area contributed by atoms with E-state index in [2.05, 4.69) is 31.8 Å². The highest BCUT2D eigenvalue weighted by Gasteiger charge is 2.32. The van der Waals surface area contributed by atoms with E-state index in [4.69, 9.17) is 9.47 Å². The second-order valence-electron chi connectivity index (χ2n) is 12.8. The quantitative estimate of drug-likeness (QED) is 0.0956. The molecule has 0 aromatic carbocycles. The average Bonchev–Trinajstić information content (AvgIpc) is 3.76. The Morgan fingerprint density at radius 2 is 1.23 bits per heavy atom. The number of rotatable bonds is 16. The number of aldehydes is 1. The monoisotopic (exact) mass is 664 g/mol. The summed E-state index contributed by atoms with van der Waals surface area (Å²) in [5.74, 6) is 0.608. The average molecular weight is 665 g/mol. The summed E-state index contributed by atoms with van der Waals surface area (Å²) in [6, 6.07) is -0.918. The zero-order chi connectivity index (χ0) is 34.6. The predicted molar refractivity (Wildman–Crippen MR) is 181 cm³/mol. The van der Waals surface area contributed by atoms with Gasteiger partial charge in [-0.05, 0) is 96.8 Å². The number of nitrogens with zero attached hydrogens (tertiary/aromatic N) is 1. The first kappa shape index (κ1) is 40.1. The molecule has 3 aliphatic rings. The Morgan fingerprint density at radius 3 is 1.70 bits per heavy atom. The molecule has 3 rings (SSSR count). The van der Waals surface area contributed by atoms with Crippen LogP contribution in [0.5, 0.6) is 0 Å². The van der Waals surface area contributed by atoms with Crippen molar-refractivity contribution in [3.63, 3.8) is 0 Å². The van der Waals surface area contributed by atoms with Gasteiger partial charge in [0.05, 0.1) is 24.3 Å². The predicted octanol–water partition coefficient (Wildman–Crippen LogP) is 3.21. The van der Waals surface area contributed by atoms with Crippen molar-refractivity contribution in [2.45, 2.75) is 129 Å². The minimum absolute atomic E-state index is 0.00107. The van der Waals surface area contributed by atoms with Gasteiger partial charge in [0.15, 0.2) is 0 Å². The molecule has 13 nitrogen and oxygen atoms in total. The second kappa shape index (κ2) is 22.5. The molecule has 6 atom stereocenters. The molecule has 0 bridgehead atoms. The van der Waals surface area contributed by atoms with E-state index in [0.717, 1.165) is 70.5 Å². The molecule has 13 heteroatoms. The minimum Gasteiger partial charge on any atom is -0.378 e. The van der Waals surface area contributed by atoms with Gasteiger partial charge in [-0.2, -0.15) is 5.10 Å². The number of amides is 5. The van der Waals surface area contributed by atoms with E-state index in [1.165, 1.54) is 0 Å². The molecule has 5 amide bonds. The zero-order valence-electron chi connectivity index (χ0n) is 29.2. The summed E-state index contributed by atoms with van der Waals surface area (Å²) in [6.45, 7) is 9.73. The fourth-order valence-corrected chi connectivity index (χ4v) is 6.50. The Hall–Kier alpha value is -3.06. The summed E-state index contributed by atoms with van der Waals surface area (Å²) in [7, 11) is 1.67. The number of hydrogen-bond donors (Lipinski definition) is 5. The minimum atomic E-state index is -0.360. The van der Waals surface area contributed by atoms with Gasteiger partial charge < -0.3 is 35.5 Å². The summed E-state index contributed by atoms with van der Waals surface area (Å²) < 4.78 is 11.1. The van der Waals surface area contributed by atoms with Gasteiger partial charge in [-0.3, -0.25) is 14.4 Å². The maximum absolute atomic E-state index is 12.5. The highest BCUT2D eigenvalue weighted by atomic mass is 16.5. The zero-order valence-corrected chi connectivity index (χ0v) is 29.2. The fourth-order valence-electron chi connectivity index (χ4n) is 6.50. The first-order chi connectivity index (χ1) is 22.7. The van der Waals surface area contributed by atoms with E-state index in [1.54, 1.807) is 13.3 Å². The Labute approximate surface area is 280 Å². The summed E-state index contributed by atoms with van der Waals surface area (Å²) in [5, 5.41) is 15.3. The topological polar surface area (TPSA) is 176 Å². The van der Waals surface area contributed by atoms with E-state index >= 15 is 0 Å². The molecule has 0 heterocycles. The number of hydrazone groups is 1. The molecule has 3 saturated carbocycles. The molecule has 0 unspecified atom stereocenters. The van der Waals surface area contributed by atoms with Gasteiger partial charge in [0.25, 0.3) is 0 Å². The summed E-state index contributed by atoms with van der Waals surface area (Å²) in [6.07, 6.45) is 12.8. The van der Waals surface area contributed by atoms with Gasteiger partial charge in [0.2, 0.25) is 17.7 Å². The van der Waals surface area contributed by atoms with Gasteiger partial charge in [-0.1, -0.05) is 13.8 Å². The Morgan fingerprint density at radius 1 is 0.723 bits per heavy atom. The fraction of sp³-hybridized carbons (Fsp3) is 0.824. The third-order valence-corrected chi connectivity index (χ3v) is 9.45. The highest BCUT2D eigenvalue weighted by molar-refractivity contribution is 5.83. The molecule has 0 aliphatic heterocycles. The van der Waals surface area contributed by atoms with E-state index in [-0.39, 0.29) is 65.8 Å². The third-order valence-electron chi connectivity index (χ3n) is 9.45. The lowest BCUT2D eigenvalue weighted by molar-refractivity contribution is -0.127. The van der Waals surface area contributed by atoms with Crippen LogP contribution in [-0.4, -0.2) is 87.4 Å². The summed E-state index contributed by atoms with van der Waals surface area (Å²) in [5.41, 5.74) is 2.47. The number of carbonyl (C=O) groups excluding carboxylic acids is 5. The van der Waals surface area contributed by atoms with Gasteiger partial charge in [0, 0.05) is 50.8 Å². The van der Waals surface area contributed by atoms with Crippen LogP contribution in [0.15, 0.2) is 5.10 Å². The molecule has 0 aromatic heterocycles. The van der Waals surface area contributed by atoms with Crippen LogP contribution < -0.4 is 26.7 Å². The van der Waals surface area contributed by atoms with Crippen molar-refractivity contribution < 1.29 is 33.4 Å². The highest BCUT2D eigenvalue weighted by Crippen LogP contribution is 2.30. The first-order valence-corrected chi connectivity index (χ1v) is 17.7. The van der Waals surface area contributed by atoms with E-state index < -0.39 is 0 Å². The van der Waals surface area contributed by atoms with Crippen LogP contribution in [0, 0.1) is 23.7 Å². The van der Waals surface area contributed by atoms with Crippen molar-refractivity contribution in [2.75, 3.05) is 26.8 Å². The third kappa shape index (κ3) is 14.7. The Kier molecular flexibility index (Phi) is 19.2. The van der Waals surface area contributed by atoms with Crippen LogP contribution in [0.1, 0.15) is 105 Å². The Bertz CT molecular complexity index is 1000. The van der Waals surface area contributed by atoms with Crippen LogP contribution in [0.2, 0.25) is 0 Å². The maximum atomic E-state index is 12.5. The molecule has 0 saturated heterocycles. The molecule has 3 aliphatic carbocycles. The lowest BCUT2D eigenvalue weighted by Crippen LogP contribution is -2.41. The molecular formula is C34H60N6O7. The van der Waals surface area contributed by atoms with Gasteiger partial charge >= 0.3 is 6.03 Å². The van der Waals surface area contributed by atoms with Crippen LogP contribution in [0.25, 0.3) is 0 Å². The summed E-state index contributed by atoms with van der Waals surface area (Å²) in [4.78, 5) is 58.6. The van der Waals surface area contributed by atoms with Crippen molar-refractivity contribution >= 4 is 36.3 Å². The number of carbonyl (C=O) groups is 5. The largest absolute Gasteiger partial charge is 0.378 e. The first-order valence-electron chi connectivity index (χ1n) is 17.7. The van der Waals surface area contributed by atoms with Crippen molar-refractivity contribution in [1.82, 2.24) is 26.7 Å². The smallest absolute Gasteiger partial charge is 0.335 e. The van der Waals surface area contributed by atoms with E-state index in [9.17, 15) is 24.0 Å². The van der Waals surface area contributed by atoms with Crippen molar-refractivity contribution in [1.29, 1.82) is 0 Å². The second-order valence-corrected chi connectivity index (χ2v) is 12.8. The SMILES string of the molecule is CCO[C@H]1CC[C@H](C(=O)N[C@H](/C=N/NC(=O)NCC2CCC(C(=O)NC)CC2)CC)C1.CCO[C@H]1CC[C@H](C(=O)N[C@H](C=O)CC)C1. The Balaban J connectivity index is 0.000000403. The molecule has 0 radical (unpaired) electrons. The molecule has 47 heavy (non-hydrogen) atoms. The van der Waals surface area contributed by atoms with Crippen molar-refractivity contribution in [3.05, 3.63) is 0 Å². The number of urea groups is 1. The lowest BCUT2D eigenvalue weighted by Gasteiger charge is -2.27. The normalized spacial score (nSPS) is 26.7. The van der Waals surface area contributed by atoms with Crippen LogP contribution in [0.3, 0.4) is 0 Å². The molecule has 5 N–H and O–H groups in total. The van der Waals surface area contributed by atoms with Crippen LogP contribution >= 0.6 is 0 Å².